The fraction of sp³-hybridized carbons (Fsp3) is 0.647. The highest BCUT2D eigenvalue weighted by Gasteiger charge is 2.52. The van der Waals surface area contributed by atoms with E-state index in [-0.39, 0.29) is 29.5 Å². The van der Waals surface area contributed by atoms with Crippen molar-refractivity contribution in [2.45, 2.75) is 56.7 Å². The third-order valence-electron chi connectivity index (χ3n) is 5.32. The Labute approximate surface area is 151 Å². The highest BCUT2D eigenvalue weighted by atomic mass is 35.5. The summed E-state index contributed by atoms with van der Waals surface area (Å²) in [5.74, 6) is 0.0733. The van der Waals surface area contributed by atoms with Gasteiger partial charge in [-0.15, -0.1) is 11.3 Å². The summed E-state index contributed by atoms with van der Waals surface area (Å²) in [4.78, 5) is 27.2. The number of nitrogens with one attached hydrogen (secondary N) is 1. The molecule has 132 valence electrons. The lowest BCUT2D eigenvalue weighted by Gasteiger charge is -2.43. The molecule has 1 N–H and O–H groups in total. The molecule has 1 aliphatic carbocycles. The summed E-state index contributed by atoms with van der Waals surface area (Å²) in [6.07, 6.45) is 3.81. The van der Waals surface area contributed by atoms with Crippen LogP contribution >= 0.6 is 22.9 Å². The normalized spacial score (nSPS) is 29.4. The molecule has 1 aliphatic heterocycles. The SMILES string of the molecule is CCC(=O)N[C@@H]1CC[C@@]2(OC)CCN(C(=O)c3ccc(Cl)s3)[C@H]2C1. The zero-order valence-electron chi connectivity index (χ0n) is 14.0. The number of nitrogens with zero attached hydrogens (tertiary/aromatic N) is 1. The van der Waals surface area contributed by atoms with E-state index in [1.807, 2.05) is 11.8 Å². The minimum atomic E-state index is -0.288. The van der Waals surface area contributed by atoms with Crippen molar-refractivity contribution in [1.82, 2.24) is 10.2 Å². The molecule has 2 amide bonds. The summed E-state index contributed by atoms with van der Waals surface area (Å²) in [6.45, 7) is 2.53. The zero-order valence-corrected chi connectivity index (χ0v) is 15.6. The second-order valence-electron chi connectivity index (χ2n) is 6.53. The van der Waals surface area contributed by atoms with Crippen molar-refractivity contribution in [3.63, 3.8) is 0 Å². The van der Waals surface area contributed by atoms with Gasteiger partial charge < -0.3 is 15.0 Å². The number of amides is 2. The lowest BCUT2D eigenvalue weighted by Crippen LogP contribution is -2.55. The first-order valence-corrected chi connectivity index (χ1v) is 9.59. The molecule has 5 nitrogen and oxygen atoms in total. The van der Waals surface area contributed by atoms with Gasteiger partial charge in [-0.05, 0) is 37.8 Å². The van der Waals surface area contributed by atoms with Crippen molar-refractivity contribution < 1.29 is 14.3 Å². The average molecular weight is 371 g/mol. The van der Waals surface area contributed by atoms with E-state index >= 15 is 0 Å². The van der Waals surface area contributed by atoms with Gasteiger partial charge in [0, 0.05) is 26.1 Å². The predicted octanol–water partition coefficient (Wildman–Crippen LogP) is 3.08. The van der Waals surface area contributed by atoms with Crippen LogP contribution in [0.3, 0.4) is 0 Å². The minimum absolute atomic E-state index is 0.00761. The van der Waals surface area contributed by atoms with Crippen molar-refractivity contribution in [3.05, 3.63) is 21.3 Å². The van der Waals surface area contributed by atoms with Crippen molar-refractivity contribution >= 4 is 34.8 Å². The number of carbonyl (C=O) groups is 2. The van der Waals surface area contributed by atoms with Crippen molar-refractivity contribution in [2.24, 2.45) is 0 Å². The van der Waals surface area contributed by atoms with E-state index in [4.69, 9.17) is 16.3 Å². The average Bonchev–Trinajstić information content (AvgIpc) is 3.18. The van der Waals surface area contributed by atoms with Crippen LogP contribution in [-0.2, 0) is 9.53 Å². The lowest BCUT2D eigenvalue weighted by molar-refractivity contribution is -0.122. The molecule has 0 spiro atoms. The standard InChI is InChI=1S/C17H23ClN2O3S/c1-3-15(21)19-11-6-7-17(23-2)8-9-20(13(17)10-11)16(22)12-4-5-14(18)24-12/h4-5,11,13H,3,6-10H2,1-2H3,(H,19,21)/t11-,13+,17-/m1/s1. The predicted molar refractivity (Wildman–Crippen MR) is 94.6 cm³/mol. The topological polar surface area (TPSA) is 58.6 Å². The van der Waals surface area contributed by atoms with Crippen LogP contribution in [0.4, 0.5) is 0 Å². The summed E-state index contributed by atoms with van der Waals surface area (Å²) in [7, 11) is 1.73. The van der Waals surface area contributed by atoms with Gasteiger partial charge in [0.1, 0.15) is 0 Å². The summed E-state index contributed by atoms with van der Waals surface area (Å²) in [6, 6.07) is 3.63. The van der Waals surface area contributed by atoms with Gasteiger partial charge in [0.05, 0.1) is 20.9 Å². The molecule has 0 radical (unpaired) electrons. The molecule has 24 heavy (non-hydrogen) atoms. The van der Waals surface area contributed by atoms with Crippen molar-refractivity contribution in [2.75, 3.05) is 13.7 Å². The Morgan fingerprint density at radius 1 is 1.46 bits per heavy atom. The summed E-state index contributed by atoms with van der Waals surface area (Å²) in [5, 5.41) is 3.07. The van der Waals surface area contributed by atoms with E-state index < -0.39 is 0 Å². The zero-order chi connectivity index (χ0) is 17.3. The number of carbonyl (C=O) groups excluding carboxylic acids is 2. The van der Waals surface area contributed by atoms with E-state index in [2.05, 4.69) is 5.32 Å². The van der Waals surface area contributed by atoms with Gasteiger partial charge in [-0.3, -0.25) is 9.59 Å². The molecule has 2 fully saturated rings. The molecule has 1 saturated carbocycles. The molecular weight excluding hydrogens is 348 g/mol. The Morgan fingerprint density at radius 3 is 2.88 bits per heavy atom. The van der Waals surface area contributed by atoms with Gasteiger partial charge >= 0.3 is 0 Å². The third-order valence-corrected chi connectivity index (χ3v) is 6.54. The fourth-order valence-electron chi connectivity index (χ4n) is 3.97. The highest BCUT2D eigenvalue weighted by Crippen LogP contribution is 2.43. The van der Waals surface area contributed by atoms with Gasteiger partial charge in [-0.1, -0.05) is 18.5 Å². The van der Waals surface area contributed by atoms with Gasteiger partial charge in [-0.2, -0.15) is 0 Å². The highest BCUT2D eigenvalue weighted by molar-refractivity contribution is 7.17. The number of methoxy groups -OCH3 is 1. The van der Waals surface area contributed by atoms with Crippen molar-refractivity contribution in [3.8, 4) is 0 Å². The molecule has 0 bridgehead atoms. The summed E-state index contributed by atoms with van der Waals surface area (Å²) < 4.78 is 6.49. The van der Waals surface area contributed by atoms with Crippen LogP contribution in [0.25, 0.3) is 0 Å². The molecule has 2 aliphatic rings. The maximum atomic E-state index is 12.9. The third kappa shape index (κ3) is 3.19. The summed E-state index contributed by atoms with van der Waals surface area (Å²) in [5.41, 5.74) is -0.288. The van der Waals surface area contributed by atoms with E-state index in [9.17, 15) is 9.59 Å². The second-order valence-corrected chi connectivity index (χ2v) is 8.24. The van der Waals surface area contributed by atoms with E-state index in [0.717, 1.165) is 25.7 Å². The smallest absolute Gasteiger partial charge is 0.264 e. The summed E-state index contributed by atoms with van der Waals surface area (Å²) >= 11 is 7.28. The van der Waals surface area contributed by atoms with Crippen LogP contribution < -0.4 is 5.32 Å². The van der Waals surface area contributed by atoms with Crippen LogP contribution in [-0.4, -0.2) is 48.1 Å². The van der Waals surface area contributed by atoms with Crippen LogP contribution in [0.1, 0.15) is 48.7 Å². The molecule has 1 saturated heterocycles. The Balaban J connectivity index is 1.79. The first kappa shape index (κ1) is 17.7. The number of halogens is 1. The number of rotatable bonds is 4. The van der Waals surface area contributed by atoms with Crippen LogP contribution in [0.15, 0.2) is 12.1 Å². The largest absolute Gasteiger partial charge is 0.376 e. The monoisotopic (exact) mass is 370 g/mol. The van der Waals surface area contributed by atoms with Gasteiger partial charge in [0.15, 0.2) is 0 Å². The van der Waals surface area contributed by atoms with E-state index in [1.54, 1.807) is 19.2 Å². The number of hydrogen-bond acceptors (Lipinski definition) is 4. The maximum absolute atomic E-state index is 12.9. The molecule has 7 heteroatoms. The van der Waals surface area contributed by atoms with Crippen LogP contribution in [0.5, 0.6) is 0 Å². The molecule has 0 unspecified atom stereocenters. The van der Waals surface area contributed by atoms with Gasteiger partial charge in [0.25, 0.3) is 5.91 Å². The number of ether oxygens (including phenoxy) is 1. The Kier molecular flexibility index (Phi) is 5.18. The number of thiophene rings is 1. The second kappa shape index (κ2) is 7.02. The lowest BCUT2D eigenvalue weighted by atomic mass is 9.78. The fourth-order valence-corrected chi connectivity index (χ4v) is 4.97. The first-order valence-electron chi connectivity index (χ1n) is 8.40. The molecule has 0 aromatic carbocycles. The van der Waals surface area contributed by atoms with Crippen LogP contribution in [0.2, 0.25) is 4.34 Å². The quantitative estimate of drug-likeness (QED) is 0.886. The Morgan fingerprint density at radius 2 is 2.25 bits per heavy atom. The van der Waals surface area contributed by atoms with E-state index in [0.29, 0.717) is 22.2 Å². The van der Waals surface area contributed by atoms with E-state index in [1.165, 1.54) is 11.3 Å². The Hall–Kier alpha value is -1.11. The number of likely N-dealkylation sites (tertiary alicyclic amines) is 1. The van der Waals surface area contributed by atoms with Gasteiger partial charge in [-0.25, -0.2) is 0 Å². The number of fused-ring (bicyclic) bond motifs is 1. The molecule has 3 rings (SSSR count). The Bertz CT molecular complexity index is 635. The maximum Gasteiger partial charge on any atom is 0.264 e. The molecule has 1 aromatic rings. The molecule has 1 aromatic heterocycles. The minimum Gasteiger partial charge on any atom is -0.376 e. The van der Waals surface area contributed by atoms with Crippen LogP contribution in [0, 0.1) is 0 Å². The molecule has 3 atom stereocenters. The molecule has 2 heterocycles. The first-order chi connectivity index (χ1) is 11.5. The molecular formula is C17H23ClN2O3S. The van der Waals surface area contributed by atoms with Crippen molar-refractivity contribution in [1.29, 1.82) is 0 Å². The van der Waals surface area contributed by atoms with Gasteiger partial charge in [0.2, 0.25) is 5.91 Å². The number of hydrogen-bond donors (Lipinski definition) is 1.